The number of hydrogen-bond donors (Lipinski definition) is 6. The third kappa shape index (κ3) is 35.9. The van der Waals surface area contributed by atoms with E-state index in [1.165, 1.54) is 12.2 Å². The molecule has 5 amide bonds. The van der Waals surface area contributed by atoms with E-state index < -0.39 is 64.2 Å². The number of halogens is 1. The number of ether oxygens (including phenoxy) is 4. The maximum absolute atomic E-state index is 13.2. The summed E-state index contributed by atoms with van der Waals surface area (Å²) in [5.41, 5.74) is 8.96. The molecule has 658 valence electrons. The summed E-state index contributed by atoms with van der Waals surface area (Å²) in [6.07, 6.45) is 26.2. The van der Waals surface area contributed by atoms with Crippen LogP contribution in [0.25, 0.3) is 44.4 Å². The van der Waals surface area contributed by atoms with Gasteiger partial charge in [0.1, 0.15) is 67.3 Å². The first kappa shape index (κ1) is 109. The number of carbonyl (C=O) groups is 5. The number of aliphatic hydroxyl groups excluding tert-OH is 2. The molecule has 0 aliphatic carbocycles. The minimum atomic E-state index is -1.84. The number of aliphatic hydroxyl groups is 2. The molecule has 9 aromatic heterocycles. The van der Waals surface area contributed by atoms with Crippen LogP contribution in [-0.2, 0) is 106 Å². The topological polar surface area (TPSA) is 405 Å². The predicted octanol–water partition coefficient (Wildman–Crippen LogP) is 11.0. The van der Waals surface area contributed by atoms with Crippen molar-refractivity contribution in [1.82, 2.24) is 77.9 Å². The Bertz CT molecular complexity index is 4800. The van der Waals surface area contributed by atoms with Crippen molar-refractivity contribution in [2.45, 2.75) is 235 Å². The number of nitrogens with two attached hydrogens (primary N) is 1. The molecule has 0 unspecified atom stereocenters. The third-order valence-corrected chi connectivity index (χ3v) is 30.3. The molecule has 121 heavy (non-hydrogen) atoms. The van der Waals surface area contributed by atoms with Crippen LogP contribution in [0.5, 0.6) is 0 Å². The fourth-order valence-electron chi connectivity index (χ4n) is 11.1. The van der Waals surface area contributed by atoms with Crippen LogP contribution < -0.4 is 67.8 Å². The molecule has 0 aromatic carbocycles. The van der Waals surface area contributed by atoms with E-state index in [-0.39, 0.29) is 120 Å². The van der Waals surface area contributed by atoms with Gasteiger partial charge >= 0.3 is 51.4 Å². The predicted molar refractivity (Wildman–Crippen MR) is 486 cm³/mol. The molecule has 2 aliphatic rings. The molecule has 0 saturated carbocycles. The van der Waals surface area contributed by atoms with Crippen LogP contribution in [0.2, 0.25) is 121 Å². The van der Waals surface area contributed by atoms with Crippen molar-refractivity contribution in [3.63, 3.8) is 0 Å². The van der Waals surface area contributed by atoms with Gasteiger partial charge in [-0.05, 0) is 86.3 Å². The van der Waals surface area contributed by atoms with Crippen LogP contribution in [0.3, 0.4) is 0 Å². The van der Waals surface area contributed by atoms with Gasteiger partial charge in [-0.1, -0.05) is 114 Å². The number of rotatable bonds is 36. The van der Waals surface area contributed by atoms with Crippen LogP contribution in [0.4, 0.5) is 0 Å². The number of aryl methyl sites for hydroxylation is 2. The number of nitrogens with one attached hydrogen (secondary N) is 3. The molecule has 0 saturated heterocycles. The Kier molecular flexibility index (Phi) is 47.8. The van der Waals surface area contributed by atoms with Gasteiger partial charge in [0.2, 0.25) is 5.91 Å². The fraction of sp³-hybridized carbons (Fsp3) is 0.518. The third-order valence-electron chi connectivity index (χ3n) is 18.7. The number of imide groups is 2. The Morgan fingerprint density at radius 2 is 0.926 bits per heavy atom. The summed E-state index contributed by atoms with van der Waals surface area (Å²) < 4.78 is 40.4. The number of aromatic amines is 1. The molecule has 9 aromatic rings. The van der Waals surface area contributed by atoms with E-state index in [2.05, 4.69) is 169 Å². The molecule has 0 fully saturated rings. The zero-order valence-electron chi connectivity index (χ0n) is 73.1. The number of fused-ring (bicyclic) bond motifs is 2. The maximum atomic E-state index is 13.2. The SMILES string of the molecule is C.C.CC(C)(C)[Si](C)(C)OCCCn1cc(C2=C(c3nccn3COCC[Si](C)(C)C)C(=O)NC2=O)c2cccnc21.CCO.C[Si](C)(C)CCOCn1ccnc1CC#N.C[Si](C)(C)CCOCn1ccnc1CC(N)=O.C[Si](C)(C)CCOCn1ccnc1CCl.O=C1NC(=O)C(c2cn(CCCO)c3ncccc23)=C1c1ncc[nH]1.[C-]#N.[K+]. The molecule has 11 heterocycles. The largest absolute Gasteiger partial charge is 1.00 e. The summed E-state index contributed by atoms with van der Waals surface area (Å²) >= 11 is 5.73. The van der Waals surface area contributed by atoms with Crippen molar-refractivity contribution in [2.24, 2.45) is 5.73 Å². The smallest absolute Gasteiger partial charge is 0.512 e. The molecule has 38 heteroatoms. The van der Waals surface area contributed by atoms with E-state index in [1.54, 1.807) is 79.5 Å². The number of nitriles is 1. The number of imidazole rings is 5. The van der Waals surface area contributed by atoms with Gasteiger partial charge in [0.15, 0.2) is 8.32 Å². The second-order valence-electron chi connectivity index (χ2n) is 34.2. The fourth-order valence-corrected chi connectivity index (χ4v) is 15.5. The molecule has 11 rings (SSSR count). The molecule has 0 spiro atoms. The van der Waals surface area contributed by atoms with Crippen molar-refractivity contribution < 1.29 is 109 Å². The normalized spacial score (nSPS) is 12.8. The number of primary amides is 1. The minimum Gasteiger partial charge on any atom is -0.512 e. The number of aromatic nitrogens is 14. The molecule has 2 aliphatic heterocycles. The summed E-state index contributed by atoms with van der Waals surface area (Å²) in [5.74, 6) is 1.30. The zero-order chi connectivity index (χ0) is 87.6. The van der Waals surface area contributed by atoms with Crippen LogP contribution in [0, 0.1) is 23.2 Å². The van der Waals surface area contributed by atoms with Crippen LogP contribution in [-0.4, -0.2) is 194 Å². The number of hydrogen-bond acceptors (Lipinski definition) is 21. The summed E-state index contributed by atoms with van der Waals surface area (Å²) in [7, 11) is -6.10. The summed E-state index contributed by atoms with van der Waals surface area (Å²) in [6.45, 7) is 52.5. The first-order valence-electron chi connectivity index (χ1n) is 39.5. The molecule has 0 atom stereocenters. The van der Waals surface area contributed by atoms with Crippen molar-refractivity contribution in [1.29, 1.82) is 10.5 Å². The standard InChI is InChI=1S/C29H43N5O4Si2.C17H15N5O3.C11H21N3O2Si.C11H19N3OSi.C10H19ClN2OSi.C2H6O.CN.2CH4.K/c1-29(2,3)40(7,8)38-16-10-14-33-19-22(21-11-9-12-30-25(21)33)23-24(28(36)32-27(23)35)26-31-13-15-34(26)20-37-17-18-39(4,5)6;23-8-2-7-22-9-11(10-3-1-4-20-15(10)22)12-13(14-18-5-6-19-14)17(25)21-16(12)24;1-17(2,3)7-6-16-9-14-5-4-13-11(14)8-10(12)15;1-16(2,3)9-8-15-10-14-7-6-13-11(14)4-5-12;1-15(2,3)7-6-14-9-13-5-4-12-10(13)8-11;1-2-3;1-2;;;/h9,11-13,15,19H,10,14,16-18,20H2,1-8H3,(H,32,35,36);1,3-6,9,23H,2,7-8H2,(H,18,19)(H,21,24,25);4-5H,6-9H2,1-3H3,(H2,12,15);6-7H,4,8-10H2,1-3H3;4-5H,6-9H2,1-3H3;3H,2H2,1H3;;2*1H4;/q;;;;;;-1;;;+1. The Labute approximate surface area is 767 Å². The van der Waals surface area contributed by atoms with E-state index in [4.69, 9.17) is 68.0 Å². The van der Waals surface area contributed by atoms with Gasteiger partial charge in [-0.15, -0.1) is 11.6 Å². The van der Waals surface area contributed by atoms with E-state index >= 15 is 0 Å². The van der Waals surface area contributed by atoms with Gasteiger partial charge < -0.3 is 83.5 Å². The van der Waals surface area contributed by atoms with E-state index in [9.17, 15) is 24.0 Å². The Morgan fingerprint density at radius 3 is 1.34 bits per heavy atom. The Balaban J connectivity index is 0.000000531. The van der Waals surface area contributed by atoms with Gasteiger partial charge in [-0.25, -0.2) is 34.9 Å². The maximum Gasteiger partial charge on any atom is 1.00 e. The first-order chi connectivity index (χ1) is 55.7. The molecule has 0 bridgehead atoms. The summed E-state index contributed by atoms with van der Waals surface area (Å²) in [6, 6.07) is 14.0. The molecule has 0 radical (unpaired) electrons. The van der Waals surface area contributed by atoms with Gasteiger partial charge in [-0.2, -0.15) is 5.26 Å². The Hall–Kier alpha value is -7.63. The van der Waals surface area contributed by atoms with E-state index in [0.717, 1.165) is 72.4 Å². The van der Waals surface area contributed by atoms with Gasteiger partial charge in [-0.3, -0.25) is 34.6 Å². The minimum absolute atomic E-state index is 0. The number of H-pyrrole nitrogens is 1. The van der Waals surface area contributed by atoms with E-state index in [0.29, 0.717) is 105 Å². The zero-order valence-corrected chi connectivity index (χ0v) is 82.0. The number of amides is 5. The van der Waals surface area contributed by atoms with E-state index in [1.807, 2.05) is 59.6 Å². The average Bonchev–Trinajstić information content (AvgIpc) is 1.60. The number of nitrogens with zero attached hydrogens (tertiary/aromatic N) is 15. The quantitative estimate of drug-likeness (QED) is 0.00698. The van der Waals surface area contributed by atoms with Crippen LogP contribution in [0.15, 0.2) is 111 Å². The van der Waals surface area contributed by atoms with Crippen molar-refractivity contribution in [3.05, 3.63) is 158 Å². The average molecular weight is 1800 g/mol. The molecular formula is C83H131ClKN19O12Si5. The van der Waals surface area contributed by atoms with Gasteiger partial charge in [0.05, 0.1) is 47.1 Å². The number of carbonyl (C=O) groups excluding carboxylic acids is 5. The van der Waals surface area contributed by atoms with Gasteiger partial charge in [0, 0.05) is 200 Å². The Morgan fingerprint density at radius 1 is 0.537 bits per heavy atom. The first-order valence-corrected chi connectivity index (χ1v) is 57.7. The van der Waals surface area contributed by atoms with Crippen molar-refractivity contribution >= 4 is 126 Å². The van der Waals surface area contributed by atoms with Crippen LogP contribution >= 0.6 is 11.6 Å². The van der Waals surface area contributed by atoms with Crippen LogP contribution in [0.1, 0.15) is 95.6 Å². The van der Waals surface area contributed by atoms with Gasteiger partial charge in [0.25, 0.3) is 23.6 Å². The molecule has 31 nitrogen and oxygen atoms in total. The summed E-state index contributed by atoms with van der Waals surface area (Å²) in [5, 5.41) is 38.1. The number of pyridine rings is 2. The molecular weight excluding hydrogens is 1670 g/mol. The summed E-state index contributed by atoms with van der Waals surface area (Å²) in [4.78, 5) is 94.6. The molecule has 7 N–H and O–H groups in total. The second-order valence-corrected chi connectivity index (χ2v) is 61.8. The number of alkyl halides is 1. The monoisotopic (exact) mass is 1800 g/mol. The second kappa shape index (κ2) is 52.9. The van der Waals surface area contributed by atoms with Crippen molar-refractivity contribution in [3.8, 4) is 6.07 Å². The van der Waals surface area contributed by atoms with Crippen molar-refractivity contribution in [2.75, 3.05) is 46.2 Å².